The lowest BCUT2D eigenvalue weighted by atomic mass is 10.1. The zero-order valence-electron chi connectivity index (χ0n) is 8.75. The van der Waals surface area contributed by atoms with Crippen LogP contribution in [0, 0.1) is 11.3 Å². The van der Waals surface area contributed by atoms with Crippen LogP contribution in [-0.2, 0) is 0 Å². The highest BCUT2D eigenvalue weighted by atomic mass is 19.4. The summed E-state index contributed by atoms with van der Waals surface area (Å²) in [5, 5.41) is 8.80. The van der Waals surface area contributed by atoms with Gasteiger partial charge in [-0.2, -0.15) is 18.4 Å². The van der Waals surface area contributed by atoms with E-state index in [2.05, 4.69) is 0 Å². The molecule has 0 aliphatic rings. The van der Waals surface area contributed by atoms with Gasteiger partial charge < -0.3 is 4.90 Å². The first-order chi connectivity index (χ1) is 7.48. The number of rotatable bonds is 3. The fourth-order valence-electron chi connectivity index (χ4n) is 1.43. The van der Waals surface area contributed by atoms with Crippen LogP contribution in [0.4, 0.5) is 18.9 Å². The summed E-state index contributed by atoms with van der Waals surface area (Å²) in [5.74, 6) is 0. The van der Waals surface area contributed by atoms with Gasteiger partial charge in [-0.15, -0.1) is 0 Å². The Morgan fingerprint density at radius 2 is 1.94 bits per heavy atom. The Labute approximate surface area is 91.9 Å². The molecule has 0 saturated heterocycles. The number of benzene rings is 1. The summed E-state index contributed by atoms with van der Waals surface area (Å²) in [5.41, 5.74) is 0.582. The molecule has 86 valence electrons. The molecule has 0 aliphatic heterocycles. The Kier molecular flexibility index (Phi) is 3.78. The molecule has 0 bridgehead atoms. The van der Waals surface area contributed by atoms with Crippen LogP contribution in [0.5, 0.6) is 0 Å². The maximum absolute atomic E-state index is 12.3. The number of alkyl halides is 3. The van der Waals surface area contributed by atoms with Gasteiger partial charge in [0.1, 0.15) is 12.6 Å². The quantitative estimate of drug-likeness (QED) is 0.795. The van der Waals surface area contributed by atoms with Crippen LogP contribution in [0.25, 0.3) is 0 Å². The third-order valence-corrected chi connectivity index (χ3v) is 2.12. The molecule has 0 radical (unpaired) electrons. The van der Waals surface area contributed by atoms with Crippen LogP contribution < -0.4 is 4.90 Å². The van der Waals surface area contributed by atoms with Crippen LogP contribution in [-0.4, -0.2) is 19.3 Å². The third-order valence-electron chi connectivity index (χ3n) is 2.12. The van der Waals surface area contributed by atoms with Gasteiger partial charge in [0.2, 0.25) is 0 Å². The second-order valence-electron chi connectivity index (χ2n) is 3.26. The molecule has 0 spiro atoms. The molecule has 1 aromatic rings. The van der Waals surface area contributed by atoms with Crippen molar-refractivity contribution < 1.29 is 13.2 Å². The number of nitrogens with zero attached hydrogens (tertiary/aromatic N) is 2. The van der Waals surface area contributed by atoms with E-state index in [1.54, 1.807) is 19.1 Å². The molecule has 1 rings (SSSR count). The lowest BCUT2D eigenvalue weighted by Crippen LogP contribution is -2.34. The van der Waals surface area contributed by atoms with Crippen LogP contribution in [0.3, 0.4) is 0 Å². The van der Waals surface area contributed by atoms with Crippen molar-refractivity contribution in [2.45, 2.75) is 13.1 Å². The lowest BCUT2D eigenvalue weighted by molar-refractivity contribution is -0.119. The van der Waals surface area contributed by atoms with Crippen molar-refractivity contribution in [3.63, 3.8) is 0 Å². The fourth-order valence-corrected chi connectivity index (χ4v) is 1.43. The maximum Gasteiger partial charge on any atom is 0.405 e. The summed E-state index contributed by atoms with van der Waals surface area (Å²) in [4.78, 5) is 1.14. The van der Waals surface area contributed by atoms with Crippen LogP contribution >= 0.6 is 0 Å². The Bertz CT molecular complexity index is 393. The van der Waals surface area contributed by atoms with E-state index in [4.69, 9.17) is 5.26 Å². The SMILES string of the molecule is CCN(CC(F)(F)F)c1ccccc1C#N. The van der Waals surface area contributed by atoms with Crippen molar-refractivity contribution >= 4 is 5.69 Å². The summed E-state index contributed by atoms with van der Waals surface area (Å²) < 4.78 is 36.9. The number of para-hydroxylation sites is 1. The standard InChI is InChI=1S/C11H11F3N2/c1-2-16(8-11(12,13)14)10-6-4-3-5-9(10)7-15/h3-6H,2,8H2,1H3. The Hall–Kier alpha value is -1.70. The minimum absolute atomic E-state index is 0.207. The summed E-state index contributed by atoms with van der Waals surface area (Å²) in [7, 11) is 0. The molecule has 0 saturated carbocycles. The van der Waals surface area contributed by atoms with Crippen LogP contribution in [0.2, 0.25) is 0 Å². The smallest absolute Gasteiger partial charge is 0.362 e. The number of halogens is 3. The zero-order valence-corrected chi connectivity index (χ0v) is 8.75. The van der Waals surface area contributed by atoms with E-state index in [1.807, 2.05) is 6.07 Å². The van der Waals surface area contributed by atoms with E-state index in [0.29, 0.717) is 5.69 Å². The van der Waals surface area contributed by atoms with Gasteiger partial charge in [0.15, 0.2) is 0 Å². The van der Waals surface area contributed by atoms with Crippen LogP contribution in [0.15, 0.2) is 24.3 Å². The van der Waals surface area contributed by atoms with Gasteiger partial charge in [-0.1, -0.05) is 12.1 Å². The van der Waals surface area contributed by atoms with Crippen molar-refractivity contribution in [1.82, 2.24) is 0 Å². The molecule has 0 unspecified atom stereocenters. The van der Waals surface area contributed by atoms with Gasteiger partial charge >= 0.3 is 6.18 Å². The molecule has 16 heavy (non-hydrogen) atoms. The van der Waals surface area contributed by atoms with Crippen LogP contribution in [0.1, 0.15) is 12.5 Å². The van der Waals surface area contributed by atoms with E-state index in [9.17, 15) is 13.2 Å². The third kappa shape index (κ3) is 3.16. The van der Waals surface area contributed by atoms with Crippen molar-refractivity contribution in [3.05, 3.63) is 29.8 Å². The second-order valence-corrected chi connectivity index (χ2v) is 3.26. The van der Waals surface area contributed by atoms with E-state index in [-0.39, 0.29) is 12.1 Å². The van der Waals surface area contributed by atoms with Gasteiger partial charge in [-0.05, 0) is 19.1 Å². The summed E-state index contributed by atoms with van der Waals surface area (Å²) in [6.07, 6.45) is -4.27. The van der Waals surface area contributed by atoms with Gasteiger partial charge in [0, 0.05) is 6.54 Å². The van der Waals surface area contributed by atoms with Crippen molar-refractivity contribution in [2.24, 2.45) is 0 Å². The highest BCUT2D eigenvalue weighted by Gasteiger charge is 2.30. The summed E-state index contributed by atoms with van der Waals surface area (Å²) in [6.45, 7) is 0.792. The Morgan fingerprint density at radius 1 is 1.31 bits per heavy atom. The summed E-state index contributed by atoms with van der Waals surface area (Å²) in [6, 6.07) is 8.17. The minimum atomic E-state index is -4.27. The largest absolute Gasteiger partial charge is 0.405 e. The van der Waals surface area contributed by atoms with Gasteiger partial charge in [0.25, 0.3) is 0 Å². The summed E-state index contributed by atoms with van der Waals surface area (Å²) >= 11 is 0. The molecule has 0 atom stereocenters. The van der Waals surface area contributed by atoms with Crippen molar-refractivity contribution in [1.29, 1.82) is 5.26 Å². The van der Waals surface area contributed by atoms with Crippen molar-refractivity contribution in [3.8, 4) is 6.07 Å². The van der Waals surface area contributed by atoms with E-state index >= 15 is 0 Å². The molecule has 0 heterocycles. The Balaban J connectivity index is 3.00. The normalized spacial score (nSPS) is 10.9. The lowest BCUT2D eigenvalue weighted by Gasteiger charge is -2.25. The maximum atomic E-state index is 12.3. The van der Waals surface area contributed by atoms with Gasteiger partial charge in [-0.25, -0.2) is 0 Å². The molecule has 0 N–H and O–H groups in total. The number of anilines is 1. The number of nitriles is 1. The fraction of sp³-hybridized carbons (Fsp3) is 0.364. The molecule has 5 heteroatoms. The highest BCUT2D eigenvalue weighted by Crippen LogP contribution is 2.24. The topological polar surface area (TPSA) is 27.0 Å². The molecule has 0 aliphatic carbocycles. The zero-order chi connectivity index (χ0) is 12.2. The molecule has 0 fully saturated rings. The second kappa shape index (κ2) is 4.88. The predicted octanol–water partition coefficient (Wildman–Crippen LogP) is 2.95. The van der Waals surface area contributed by atoms with E-state index in [1.165, 1.54) is 12.1 Å². The molecule has 0 aromatic heterocycles. The van der Waals surface area contributed by atoms with E-state index in [0.717, 1.165) is 4.90 Å². The average molecular weight is 228 g/mol. The molecule has 2 nitrogen and oxygen atoms in total. The Morgan fingerprint density at radius 3 is 2.44 bits per heavy atom. The number of hydrogen-bond donors (Lipinski definition) is 0. The number of hydrogen-bond acceptors (Lipinski definition) is 2. The van der Waals surface area contributed by atoms with Crippen molar-refractivity contribution in [2.75, 3.05) is 18.0 Å². The minimum Gasteiger partial charge on any atom is -0.362 e. The molecular weight excluding hydrogens is 217 g/mol. The molecule has 0 amide bonds. The van der Waals surface area contributed by atoms with E-state index < -0.39 is 12.7 Å². The highest BCUT2D eigenvalue weighted by molar-refractivity contribution is 5.59. The molecular formula is C11H11F3N2. The van der Waals surface area contributed by atoms with Gasteiger partial charge in [0.05, 0.1) is 11.3 Å². The molecule has 1 aromatic carbocycles. The first kappa shape index (κ1) is 12.4. The average Bonchev–Trinajstić information content (AvgIpc) is 2.24. The predicted molar refractivity (Wildman–Crippen MR) is 55.1 cm³/mol. The van der Waals surface area contributed by atoms with Gasteiger partial charge in [-0.3, -0.25) is 0 Å². The first-order valence-electron chi connectivity index (χ1n) is 4.78. The monoisotopic (exact) mass is 228 g/mol. The first-order valence-corrected chi connectivity index (χ1v) is 4.78.